The fourth-order valence-corrected chi connectivity index (χ4v) is 2.30. The zero-order valence-corrected chi connectivity index (χ0v) is 15.2. The Morgan fingerprint density at radius 2 is 1.38 bits per heavy atom. The van der Waals surface area contributed by atoms with Gasteiger partial charge in [0.25, 0.3) is 0 Å². The molecule has 0 heterocycles. The van der Waals surface area contributed by atoms with E-state index in [2.05, 4.69) is 30.5 Å². The van der Waals surface area contributed by atoms with E-state index in [1.165, 1.54) is 5.56 Å². The van der Waals surface area contributed by atoms with Crippen LogP contribution in [0.4, 0.5) is 0 Å². The largest absolute Gasteiger partial charge is 1.00 e. The summed E-state index contributed by atoms with van der Waals surface area (Å²) in [5.74, 6) is 0.643. The number of hydrogen-bond acceptors (Lipinski definition) is 2. The second kappa shape index (κ2) is 7.59. The molecule has 2 aromatic rings. The molecule has 0 spiro atoms. The first-order valence-corrected chi connectivity index (χ1v) is 7.84. The predicted molar refractivity (Wildman–Crippen MR) is 79.8 cm³/mol. The summed E-state index contributed by atoms with van der Waals surface area (Å²) in [6, 6.07) is 14.9. The number of phosphoric ester groups is 1. The summed E-state index contributed by atoms with van der Waals surface area (Å²) in [5.41, 5.74) is 3.30. The van der Waals surface area contributed by atoms with Gasteiger partial charge in [-0.25, -0.2) is 4.57 Å². The zero-order chi connectivity index (χ0) is 14.8. The fourth-order valence-electron chi connectivity index (χ4n) is 1.91. The van der Waals surface area contributed by atoms with E-state index in [4.69, 9.17) is 9.79 Å². The van der Waals surface area contributed by atoms with Crippen LogP contribution in [0.1, 0.15) is 26.8 Å². The molecule has 0 aliphatic rings. The Balaban J connectivity index is 0.00000220. The first-order valence-electron chi connectivity index (χ1n) is 6.31. The molecule has 2 aromatic carbocycles. The van der Waals surface area contributed by atoms with Gasteiger partial charge in [-0.1, -0.05) is 50.2 Å². The zero-order valence-electron chi connectivity index (χ0n) is 13.4. The standard InChI is InChI=1S/C15H17O4P.Na.H/c1-11(2)12-3-5-13(6-4-12)14-7-9-15(10-8-14)19-20(16,17)18;;/h3-11H,1-2H3,(H2,16,17,18);;/q;+1;-1. The van der Waals surface area contributed by atoms with Crippen LogP contribution in [0, 0.1) is 0 Å². The van der Waals surface area contributed by atoms with Crippen molar-refractivity contribution < 1.29 is 49.9 Å². The monoisotopic (exact) mass is 316 g/mol. The normalized spacial score (nSPS) is 11.1. The van der Waals surface area contributed by atoms with Gasteiger partial charge < -0.3 is 5.95 Å². The van der Waals surface area contributed by atoms with Gasteiger partial charge in [-0.2, -0.15) is 0 Å². The molecule has 2 rings (SSSR count). The van der Waals surface area contributed by atoms with Gasteiger partial charge in [0.2, 0.25) is 0 Å². The van der Waals surface area contributed by atoms with E-state index in [9.17, 15) is 4.57 Å². The minimum absolute atomic E-state index is 0. The summed E-state index contributed by atoms with van der Waals surface area (Å²) < 4.78 is 15.2. The number of phosphoric acid groups is 1. The van der Waals surface area contributed by atoms with Crippen molar-refractivity contribution in [2.45, 2.75) is 19.8 Å². The molecule has 0 radical (unpaired) electrons. The molecule has 108 valence electrons. The molecule has 0 atom stereocenters. The van der Waals surface area contributed by atoms with E-state index >= 15 is 0 Å². The molecule has 0 saturated carbocycles. The number of benzene rings is 2. The summed E-state index contributed by atoms with van der Waals surface area (Å²) in [7, 11) is -4.49. The summed E-state index contributed by atoms with van der Waals surface area (Å²) in [4.78, 5) is 17.5. The molecule has 0 unspecified atom stereocenters. The Kier molecular flexibility index (Phi) is 6.67. The van der Waals surface area contributed by atoms with Gasteiger partial charge in [-0.15, -0.1) is 0 Å². The van der Waals surface area contributed by atoms with Gasteiger partial charge in [-0.05, 0) is 34.7 Å². The van der Waals surface area contributed by atoms with E-state index in [0.717, 1.165) is 11.1 Å². The third-order valence-electron chi connectivity index (χ3n) is 2.99. The minimum Gasteiger partial charge on any atom is -1.00 e. The van der Waals surface area contributed by atoms with Crippen LogP contribution in [-0.2, 0) is 4.57 Å². The topological polar surface area (TPSA) is 66.8 Å². The minimum atomic E-state index is -4.49. The molecule has 2 N–H and O–H groups in total. The van der Waals surface area contributed by atoms with E-state index in [0.29, 0.717) is 5.92 Å². The number of hydrogen-bond donors (Lipinski definition) is 2. The Hall–Kier alpha value is -0.610. The molecule has 0 fully saturated rings. The van der Waals surface area contributed by atoms with Crippen molar-refractivity contribution in [3.63, 3.8) is 0 Å². The fraction of sp³-hybridized carbons (Fsp3) is 0.200. The molecule has 6 heteroatoms. The van der Waals surface area contributed by atoms with E-state index in [1.54, 1.807) is 24.3 Å². The Bertz CT molecular complexity index is 623. The van der Waals surface area contributed by atoms with Crippen molar-refractivity contribution in [2.75, 3.05) is 0 Å². The Morgan fingerprint density at radius 3 is 1.76 bits per heavy atom. The van der Waals surface area contributed by atoms with Crippen LogP contribution in [-0.4, -0.2) is 9.79 Å². The van der Waals surface area contributed by atoms with Crippen molar-refractivity contribution >= 4 is 7.82 Å². The first-order chi connectivity index (χ1) is 9.35. The van der Waals surface area contributed by atoms with Gasteiger partial charge in [0.15, 0.2) is 0 Å². The van der Waals surface area contributed by atoms with Crippen molar-refractivity contribution in [3.8, 4) is 16.9 Å². The molecule has 0 saturated heterocycles. The molecule has 0 aliphatic heterocycles. The second-order valence-electron chi connectivity index (χ2n) is 4.88. The predicted octanol–water partition coefficient (Wildman–Crippen LogP) is 1.07. The first kappa shape index (κ1) is 18.4. The third-order valence-corrected chi connectivity index (χ3v) is 3.44. The Morgan fingerprint density at radius 1 is 0.952 bits per heavy atom. The van der Waals surface area contributed by atoms with E-state index in [1.807, 2.05) is 12.1 Å². The van der Waals surface area contributed by atoms with Crippen LogP contribution in [0.25, 0.3) is 11.1 Å². The van der Waals surface area contributed by atoms with Gasteiger partial charge in [0.1, 0.15) is 5.75 Å². The van der Waals surface area contributed by atoms with E-state index < -0.39 is 7.82 Å². The maximum absolute atomic E-state index is 10.7. The molecule has 0 aromatic heterocycles. The van der Waals surface area contributed by atoms with Gasteiger partial charge in [0.05, 0.1) is 0 Å². The third kappa shape index (κ3) is 5.59. The van der Waals surface area contributed by atoms with Crippen LogP contribution in [0.2, 0.25) is 0 Å². The summed E-state index contributed by atoms with van der Waals surface area (Å²) >= 11 is 0. The van der Waals surface area contributed by atoms with Gasteiger partial charge in [0, 0.05) is 0 Å². The summed E-state index contributed by atoms with van der Waals surface area (Å²) in [6.45, 7) is 4.28. The van der Waals surface area contributed by atoms with Crippen LogP contribution in [0.3, 0.4) is 0 Å². The maximum Gasteiger partial charge on any atom is 1.00 e. The SMILES string of the molecule is CC(C)c1ccc(-c2ccc(OP(=O)(O)O)cc2)cc1.[H-].[Na+]. The van der Waals surface area contributed by atoms with Crippen LogP contribution >= 0.6 is 7.82 Å². The van der Waals surface area contributed by atoms with Gasteiger partial charge >= 0.3 is 37.4 Å². The smallest absolute Gasteiger partial charge is 1.00 e. The second-order valence-corrected chi connectivity index (χ2v) is 6.05. The molecule has 21 heavy (non-hydrogen) atoms. The van der Waals surface area contributed by atoms with Gasteiger partial charge in [-0.3, -0.25) is 9.79 Å². The van der Waals surface area contributed by atoms with Crippen LogP contribution < -0.4 is 34.1 Å². The summed E-state index contributed by atoms with van der Waals surface area (Å²) in [6.07, 6.45) is 0. The molecular formula is C15H18NaO4P. The Labute approximate surface area is 148 Å². The average Bonchev–Trinajstić information content (AvgIpc) is 2.38. The number of rotatable bonds is 4. The quantitative estimate of drug-likeness (QED) is 0.654. The van der Waals surface area contributed by atoms with Crippen molar-refractivity contribution in [2.24, 2.45) is 0 Å². The molecule has 0 aliphatic carbocycles. The molecule has 0 amide bonds. The van der Waals surface area contributed by atoms with Crippen LogP contribution in [0.15, 0.2) is 48.5 Å². The summed E-state index contributed by atoms with van der Waals surface area (Å²) in [5, 5.41) is 0. The molecular weight excluding hydrogens is 298 g/mol. The van der Waals surface area contributed by atoms with E-state index in [-0.39, 0.29) is 36.7 Å². The molecule has 4 nitrogen and oxygen atoms in total. The van der Waals surface area contributed by atoms with Crippen LogP contribution in [0.5, 0.6) is 5.75 Å². The van der Waals surface area contributed by atoms with Crippen molar-refractivity contribution in [3.05, 3.63) is 54.1 Å². The maximum atomic E-state index is 10.7. The molecule has 0 bridgehead atoms. The average molecular weight is 316 g/mol. The van der Waals surface area contributed by atoms with Crippen molar-refractivity contribution in [1.82, 2.24) is 0 Å². The van der Waals surface area contributed by atoms with Crippen molar-refractivity contribution in [1.29, 1.82) is 0 Å².